The zero-order valence-corrected chi connectivity index (χ0v) is 13.7. The molecule has 6 heteroatoms. The van der Waals surface area contributed by atoms with Gasteiger partial charge in [0, 0.05) is 18.1 Å². The molecule has 106 valence electrons. The third-order valence-electron chi connectivity index (χ3n) is 3.00. The largest absolute Gasteiger partial charge is 0.389 e. The maximum atomic E-state index is 5.85. The van der Waals surface area contributed by atoms with Crippen molar-refractivity contribution >= 4 is 34.4 Å². The Kier molecular flexibility index (Phi) is 4.35. The number of thiocarbonyl (C=S) groups is 1. The molecule has 2 rings (SSSR count). The van der Waals surface area contributed by atoms with Crippen LogP contribution in [0.5, 0.6) is 0 Å². The molecule has 0 unspecified atom stereocenters. The van der Waals surface area contributed by atoms with Gasteiger partial charge < -0.3 is 10.6 Å². The first-order valence-corrected chi connectivity index (χ1v) is 7.57. The number of nitrogens with zero attached hydrogens (tertiary/aromatic N) is 3. The summed E-state index contributed by atoms with van der Waals surface area (Å²) in [5.74, 6) is 0.820. The van der Waals surface area contributed by atoms with Crippen molar-refractivity contribution in [3.8, 4) is 0 Å². The number of aryl methyl sites for hydroxylation is 3. The molecule has 0 aliphatic rings. The van der Waals surface area contributed by atoms with Crippen LogP contribution in [0.4, 0.5) is 5.82 Å². The van der Waals surface area contributed by atoms with Crippen molar-refractivity contribution in [3.63, 3.8) is 0 Å². The van der Waals surface area contributed by atoms with Crippen molar-refractivity contribution in [3.05, 3.63) is 39.0 Å². The summed E-state index contributed by atoms with van der Waals surface area (Å²) >= 11 is 6.82. The summed E-state index contributed by atoms with van der Waals surface area (Å²) < 4.78 is 0. The molecule has 0 spiro atoms. The van der Waals surface area contributed by atoms with Gasteiger partial charge >= 0.3 is 0 Å². The van der Waals surface area contributed by atoms with E-state index in [1.165, 1.54) is 0 Å². The summed E-state index contributed by atoms with van der Waals surface area (Å²) in [7, 11) is 1.98. The van der Waals surface area contributed by atoms with Crippen LogP contribution in [0.2, 0.25) is 0 Å². The van der Waals surface area contributed by atoms with Crippen molar-refractivity contribution in [2.24, 2.45) is 5.73 Å². The first kappa shape index (κ1) is 14.9. The summed E-state index contributed by atoms with van der Waals surface area (Å²) in [6, 6.07) is 2.00. The van der Waals surface area contributed by atoms with Crippen molar-refractivity contribution in [1.29, 1.82) is 0 Å². The van der Waals surface area contributed by atoms with Gasteiger partial charge in [0.2, 0.25) is 0 Å². The van der Waals surface area contributed by atoms with Gasteiger partial charge in [-0.25, -0.2) is 9.97 Å². The highest BCUT2D eigenvalue weighted by Gasteiger charge is 2.16. The number of aromatic nitrogens is 2. The fraction of sp³-hybridized carbons (Fsp3) is 0.357. The molecule has 0 aliphatic heterocycles. The first-order chi connectivity index (χ1) is 9.38. The van der Waals surface area contributed by atoms with E-state index in [9.17, 15) is 0 Å². The van der Waals surface area contributed by atoms with Crippen LogP contribution in [-0.2, 0) is 6.54 Å². The van der Waals surface area contributed by atoms with E-state index in [2.05, 4.69) is 15.3 Å². The Morgan fingerprint density at radius 3 is 2.60 bits per heavy atom. The second-order valence-corrected chi connectivity index (χ2v) is 6.36. The van der Waals surface area contributed by atoms with E-state index in [1.54, 1.807) is 11.3 Å². The number of nitrogens with two attached hydrogens (primary N) is 1. The second kappa shape index (κ2) is 5.85. The predicted molar refractivity (Wildman–Crippen MR) is 88.6 cm³/mol. The Hall–Kier alpha value is -1.53. The van der Waals surface area contributed by atoms with Crippen molar-refractivity contribution in [1.82, 2.24) is 9.97 Å². The smallest absolute Gasteiger partial charge is 0.139 e. The fourth-order valence-electron chi connectivity index (χ4n) is 2.20. The highest BCUT2D eigenvalue weighted by Crippen LogP contribution is 2.23. The third-order valence-corrected chi connectivity index (χ3v) is 4.03. The lowest BCUT2D eigenvalue weighted by atomic mass is 10.1. The predicted octanol–water partition coefficient (Wildman–Crippen LogP) is 2.73. The van der Waals surface area contributed by atoms with E-state index in [-0.39, 0.29) is 0 Å². The molecule has 0 saturated heterocycles. The summed E-state index contributed by atoms with van der Waals surface area (Å²) in [5.41, 5.74) is 9.75. The molecular formula is C14H18N4S2. The molecule has 0 saturated carbocycles. The summed E-state index contributed by atoms with van der Waals surface area (Å²) in [4.78, 5) is 11.5. The fourth-order valence-corrected chi connectivity index (χ4v) is 3.05. The molecule has 2 heterocycles. The first-order valence-electron chi connectivity index (χ1n) is 6.28. The van der Waals surface area contributed by atoms with Crippen molar-refractivity contribution < 1.29 is 0 Å². The average Bonchev–Trinajstić information content (AvgIpc) is 2.72. The van der Waals surface area contributed by atoms with Gasteiger partial charge in [-0.2, -0.15) is 0 Å². The van der Waals surface area contributed by atoms with Crippen LogP contribution < -0.4 is 10.6 Å². The van der Waals surface area contributed by atoms with Crippen LogP contribution in [-0.4, -0.2) is 22.0 Å². The Morgan fingerprint density at radius 1 is 1.35 bits per heavy atom. The molecule has 2 N–H and O–H groups in total. The minimum Gasteiger partial charge on any atom is -0.389 e. The van der Waals surface area contributed by atoms with Gasteiger partial charge in [0.25, 0.3) is 0 Å². The number of thiazole rings is 1. The number of pyridine rings is 1. The Morgan fingerprint density at radius 2 is 2.05 bits per heavy atom. The van der Waals surface area contributed by atoms with E-state index >= 15 is 0 Å². The summed E-state index contributed by atoms with van der Waals surface area (Å²) in [6.45, 7) is 6.67. The van der Waals surface area contributed by atoms with E-state index in [0.717, 1.165) is 33.3 Å². The SMILES string of the molecule is Cc1cc(C)c(C(N)=S)c(N(C)Cc2csc(C)n2)n1. The van der Waals surface area contributed by atoms with Crippen LogP contribution in [0, 0.1) is 20.8 Å². The molecule has 2 aromatic rings. The molecule has 0 aromatic carbocycles. The molecule has 0 fully saturated rings. The Labute approximate surface area is 128 Å². The summed E-state index contributed by atoms with van der Waals surface area (Å²) in [6.07, 6.45) is 0. The molecular weight excluding hydrogens is 288 g/mol. The maximum Gasteiger partial charge on any atom is 0.139 e. The number of rotatable bonds is 4. The van der Waals surface area contributed by atoms with Gasteiger partial charge in [0.15, 0.2) is 0 Å². The van der Waals surface area contributed by atoms with Gasteiger partial charge in [-0.1, -0.05) is 12.2 Å². The number of hydrogen-bond donors (Lipinski definition) is 1. The standard InChI is InChI=1S/C14H18N4S2/c1-8-5-9(2)16-14(12(8)13(15)19)18(4)6-11-7-20-10(3)17-11/h5,7H,6H2,1-4H3,(H2,15,19). The second-order valence-electron chi connectivity index (χ2n) is 4.86. The zero-order chi connectivity index (χ0) is 14.9. The topological polar surface area (TPSA) is 55.0 Å². The Bertz CT molecular complexity index is 649. The highest BCUT2D eigenvalue weighted by molar-refractivity contribution is 7.80. The molecule has 0 atom stereocenters. The molecule has 0 aliphatic carbocycles. The zero-order valence-electron chi connectivity index (χ0n) is 12.1. The monoisotopic (exact) mass is 306 g/mol. The van der Waals surface area contributed by atoms with Crippen LogP contribution >= 0.6 is 23.6 Å². The van der Waals surface area contributed by atoms with Crippen LogP contribution in [0.15, 0.2) is 11.4 Å². The third kappa shape index (κ3) is 3.13. The van der Waals surface area contributed by atoms with Gasteiger partial charge in [-0.15, -0.1) is 11.3 Å². The molecule has 2 aromatic heterocycles. The lowest BCUT2D eigenvalue weighted by Gasteiger charge is -2.22. The van der Waals surface area contributed by atoms with Gasteiger partial charge in [0.1, 0.15) is 10.8 Å². The van der Waals surface area contributed by atoms with Gasteiger partial charge in [-0.05, 0) is 32.4 Å². The lowest BCUT2D eigenvalue weighted by Crippen LogP contribution is -2.24. The van der Waals surface area contributed by atoms with E-state index in [1.807, 2.05) is 38.8 Å². The minimum absolute atomic E-state index is 0.381. The lowest BCUT2D eigenvalue weighted by molar-refractivity contribution is 0.863. The highest BCUT2D eigenvalue weighted by atomic mass is 32.1. The van der Waals surface area contributed by atoms with Gasteiger partial charge in [-0.3, -0.25) is 0 Å². The normalized spacial score (nSPS) is 10.6. The van der Waals surface area contributed by atoms with E-state index in [0.29, 0.717) is 11.5 Å². The molecule has 0 bridgehead atoms. The minimum atomic E-state index is 0.381. The maximum absolute atomic E-state index is 5.85. The van der Waals surface area contributed by atoms with Crippen LogP contribution in [0.25, 0.3) is 0 Å². The van der Waals surface area contributed by atoms with Crippen molar-refractivity contribution in [2.75, 3.05) is 11.9 Å². The molecule has 0 amide bonds. The molecule has 4 nitrogen and oxygen atoms in total. The Balaban J connectivity index is 2.38. The number of anilines is 1. The van der Waals surface area contributed by atoms with Crippen LogP contribution in [0.1, 0.15) is 27.5 Å². The molecule has 20 heavy (non-hydrogen) atoms. The van der Waals surface area contributed by atoms with E-state index in [4.69, 9.17) is 18.0 Å². The number of hydrogen-bond acceptors (Lipinski definition) is 5. The van der Waals surface area contributed by atoms with Crippen LogP contribution in [0.3, 0.4) is 0 Å². The quantitative estimate of drug-likeness (QED) is 0.880. The van der Waals surface area contributed by atoms with Crippen molar-refractivity contribution in [2.45, 2.75) is 27.3 Å². The van der Waals surface area contributed by atoms with E-state index < -0.39 is 0 Å². The summed E-state index contributed by atoms with van der Waals surface area (Å²) in [5, 5.41) is 3.13. The average molecular weight is 306 g/mol. The molecule has 0 radical (unpaired) electrons. The van der Waals surface area contributed by atoms with Gasteiger partial charge in [0.05, 0.1) is 22.8 Å².